The van der Waals surface area contributed by atoms with Gasteiger partial charge in [0.2, 0.25) is 0 Å². The van der Waals surface area contributed by atoms with Gasteiger partial charge in [-0.05, 0) is 54.6 Å². The Labute approximate surface area is 190 Å². The number of carbonyl (C=O) groups excluding carboxylic acids is 4. The summed E-state index contributed by atoms with van der Waals surface area (Å²) in [5.41, 5.74) is 0.917. The SMILES string of the molecule is O=C(COC(=O)c1ccccc1N1C(=O)c2ccc(Br)cc2C1=O)c1ccc(Cl)cc1. The first-order valence-electron chi connectivity index (χ1n) is 9.10. The van der Waals surface area contributed by atoms with Gasteiger partial charge in [0.1, 0.15) is 0 Å². The van der Waals surface area contributed by atoms with E-state index in [0.717, 1.165) is 4.90 Å². The highest BCUT2D eigenvalue weighted by Crippen LogP contribution is 2.32. The number of para-hydroxylation sites is 1. The van der Waals surface area contributed by atoms with Crippen LogP contribution in [0.15, 0.2) is 71.2 Å². The van der Waals surface area contributed by atoms with E-state index in [1.165, 1.54) is 24.3 Å². The number of hydrogen-bond acceptors (Lipinski definition) is 5. The number of halogens is 2. The van der Waals surface area contributed by atoms with Gasteiger partial charge < -0.3 is 4.74 Å². The van der Waals surface area contributed by atoms with Gasteiger partial charge in [0.05, 0.1) is 22.4 Å². The molecule has 0 aliphatic carbocycles. The van der Waals surface area contributed by atoms with E-state index in [-0.39, 0.29) is 22.4 Å². The highest BCUT2D eigenvalue weighted by Gasteiger charge is 2.38. The van der Waals surface area contributed by atoms with Crippen LogP contribution in [0.25, 0.3) is 0 Å². The minimum atomic E-state index is -0.823. The molecule has 0 N–H and O–H groups in total. The summed E-state index contributed by atoms with van der Waals surface area (Å²) in [6, 6.07) is 17.0. The largest absolute Gasteiger partial charge is 0.454 e. The van der Waals surface area contributed by atoms with Crippen LogP contribution in [-0.2, 0) is 4.74 Å². The summed E-state index contributed by atoms with van der Waals surface area (Å²) in [7, 11) is 0. The van der Waals surface area contributed by atoms with Crippen molar-refractivity contribution in [3.05, 3.63) is 98.5 Å². The van der Waals surface area contributed by atoms with Gasteiger partial charge in [-0.3, -0.25) is 14.4 Å². The van der Waals surface area contributed by atoms with E-state index in [9.17, 15) is 19.2 Å². The number of Topliss-reactive ketones (excluding diaryl/α,β-unsaturated/α-hetero) is 1. The van der Waals surface area contributed by atoms with Gasteiger partial charge in [0.25, 0.3) is 11.8 Å². The maximum absolute atomic E-state index is 12.9. The molecule has 3 aromatic rings. The van der Waals surface area contributed by atoms with E-state index in [4.69, 9.17) is 16.3 Å². The molecule has 0 bridgehead atoms. The van der Waals surface area contributed by atoms with Crippen molar-refractivity contribution >= 4 is 56.8 Å². The number of ether oxygens (including phenoxy) is 1. The zero-order chi connectivity index (χ0) is 22.1. The predicted molar refractivity (Wildman–Crippen MR) is 118 cm³/mol. The Bertz CT molecular complexity index is 1240. The van der Waals surface area contributed by atoms with Crippen molar-refractivity contribution < 1.29 is 23.9 Å². The lowest BCUT2D eigenvalue weighted by atomic mass is 10.1. The molecule has 0 atom stereocenters. The van der Waals surface area contributed by atoms with E-state index in [0.29, 0.717) is 15.1 Å². The number of carbonyl (C=O) groups is 4. The van der Waals surface area contributed by atoms with Crippen LogP contribution >= 0.6 is 27.5 Å². The van der Waals surface area contributed by atoms with Crippen LogP contribution in [0.2, 0.25) is 5.02 Å². The molecule has 0 saturated heterocycles. The van der Waals surface area contributed by atoms with Crippen LogP contribution in [0.5, 0.6) is 0 Å². The van der Waals surface area contributed by atoms with E-state index in [1.54, 1.807) is 42.5 Å². The van der Waals surface area contributed by atoms with Crippen molar-refractivity contribution in [2.24, 2.45) is 0 Å². The molecule has 1 aliphatic heterocycles. The molecule has 1 aliphatic rings. The minimum Gasteiger partial charge on any atom is -0.454 e. The molecular formula is C23H13BrClNO5. The van der Waals surface area contributed by atoms with Crippen LogP contribution in [-0.4, -0.2) is 30.2 Å². The molecule has 0 aromatic heterocycles. The Morgan fingerprint density at radius 3 is 2.32 bits per heavy atom. The second-order valence-corrected chi connectivity index (χ2v) is 8.01. The molecule has 6 nitrogen and oxygen atoms in total. The smallest absolute Gasteiger partial charge is 0.340 e. The number of anilines is 1. The summed E-state index contributed by atoms with van der Waals surface area (Å²) >= 11 is 9.10. The highest BCUT2D eigenvalue weighted by atomic mass is 79.9. The van der Waals surface area contributed by atoms with Crippen molar-refractivity contribution in [1.29, 1.82) is 0 Å². The minimum absolute atomic E-state index is 0.0000204. The molecule has 31 heavy (non-hydrogen) atoms. The Hall–Kier alpha value is -3.29. The summed E-state index contributed by atoms with van der Waals surface area (Å²) in [4.78, 5) is 51.6. The Morgan fingerprint density at radius 2 is 1.58 bits per heavy atom. The molecule has 3 aromatic carbocycles. The van der Waals surface area contributed by atoms with E-state index in [1.807, 2.05) is 0 Å². The number of fused-ring (bicyclic) bond motifs is 1. The van der Waals surface area contributed by atoms with E-state index >= 15 is 0 Å². The van der Waals surface area contributed by atoms with Crippen molar-refractivity contribution in [3.63, 3.8) is 0 Å². The van der Waals surface area contributed by atoms with Gasteiger partial charge in [-0.15, -0.1) is 0 Å². The molecular weight excluding hydrogens is 486 g/mol. The highest BCUT2D eigenvalue weighted by molar-refractivity contribution is 9.10. The number of amides is 2. The molecule has 0 spiro atoms. The molecule has 8 heteroatoms. The molecule has 0 fully saturated rings. The third-order valence-electron chi connectivity index (χ3n) is 4.71. The maximum atomic E-state index is 12.9. The molecule has 1 heterocycles. The summed E-state index contributed by atoms with van der Waals surface area (Å²) in [5, 5.41) is 0.482. The first kappa shape index (κ1) is 21.0. The van der Waals surface area contributed by atoms with Crippen LogP contribution < -0.4 is 4.90 Å². The number of nitrogens with zero attached hydrogens (tertiary/aromatic N) is 1. The fourth-order valence-electron chi connectivity index (χ4n) is 3.20. The lowest BCUT2D eigenvalue weighted by molar-refractivity contribution is 0.0475. The summed E-state index contributed by atoms with van der Waals surface area (Å²) in [5.74, 6) is -2.31. The average molecular weight is 499 g/mol. The fraction of sp³-hybridized carbons (Fsp3) is 0.0435. The molecule has 0 unspecified atom stereocenters. The van der Waals surface area contributed by atoms with E-state index in [2.05, 4.69) is 15.9 Å². The number of imide groups is 1. The maximum Gasteiger partial charge on any atom is 0.340 e. The predicted octanol–water partition coefficient (Wildman–Crippen LogP) is 4.94. The monoisotopic (exact) mass is 497 g/mol. The standard InChI is InChI=1S/C23H13BrClNO5/c24-14-7-10-16-18(11-14)22(29)26(21(16)28)19-4-2-1-3-17(19)23(30)31-12-20(27)13-5-8-15(25)9-6-13/h1-11H,12H2. The Kier molecular flexibility index (Phi) is 5.71. The average Bonchev–Trinajstić information content (AvgIpc) is 3.01. The van der Waals surface area contributed by atoms with Gasteiger partial charge in [-0.25, -0.2) is 9.69 Å². The number of benzene rings is 3. The van der Waals surface area contributed by atoms with Crippen molar-refractivity contribution in [3.8, 4) is 0 Å². The summed E-state index contributed by atoms with van der Waals surface area (Å²) in [6.07, 6.45) is 0. The van der Waals surface area contributed by atoms with Crippen LogP contribution in [0.4, 0.5) is 5.69 Å². The Morgan fingerprint density at radius 1 is 0.903 bits per heavy atom. The summed E-state index contributed by atoms with van der Waals surface area (Å²) in [6.45, 7) is -0.496. The van der Waals surface area contributed by atoms with Crippen molar-refractivity contribution in [2.75, 3.05) is 11.5 Å². The number of hydrogen-bond donors (Lipinski definition) is 0. The van der Waals surface area contributed by atoms with Gasteiger partial charge >= 0.3 is 5.97 Å². The van der Waals surface area contributed by atoms with Gasteiger partial charge in [-0.2, -0.15) is 0 Å². The molecule has 154 valence electrons. The topological polar surface area (TPSA) is 80.8 Å². The van der Waals surface area contributed by atoms with Crippen molar-refractivity contribution in [2.45, 2.75) is 0 Å². The first-order valence-corrected chi connectivity index (χ1v) is 10.3. The zero-order valence-electron chi connectivity index (χ0n) is 15.8. The molecule has 0 saturated carbocycles. The second kappa shape index (κ2) is 8.45. The van der Waals surface area contributed by atoms with Crippen LogP contribution in [0.3, 0.4) is 0 Å². The zero-order valence-corrected chi connectivity index (χ0v) is 18.1. The second-order valence-electron chi connectivity index (χ2n) is 6.66. The lowest BCUT2D eigenvalue weighted by Crippen LogP contribution is -2.31. The molecule has 2 amide bonds. The van der Waals surface area contributed by atoms with Gasteiger partial charge in [-0.1, -0.05) is 39.7 Å². The van der Waals surface area contributed by atoms with Crippen molar-refractivity contribution in [1.82, 2.24) is 0 Å². The first-order chi connectivity index (χ1) is 14.9. The Balaban J connectivity index is 1.57. The lowest BCUT2D eigenvalue weighted by Gasteiger charge is -2.17. The quantitative estimate of drug-likeness (QED) is 0.283. The molecule has 4 rings (SSSR count). The van der Waals surface area contributed by atoms with Crippen LogP contribution in [0, 0.1) is 0 Å². The fourth-order valence-corrected chi connectivity index (χ4v) is 3.69. The van der Waals surface area contributed by atoms with Crippen LogP contribution in [0.1, 0.15) is 41.4 Å². The normalized spacial score (nSPS) is 12.6. The van der Waals surface area contributed by atoms with E-state index < -0.39 is 30.2 Å². The summed E-state index contributed by atoms with van der Waals surface area (Å²) < 4.78 is 5.82. The molecule has 0 radical (unpaired) electrons. The number of ketones is 1. The third-order valence-corrected chi connectivity index (χ3v) is 5.46. The van der Waals surface area contributed by atoms with Gasteiger partial charge in [0.15, 0.2) is 12.4 Å². The van der Waals surface area contributed by atoms with Gasteiger partial charge in [0, 0.05) is 15.1 Å². The third kappa shape index (κ3) is 4.02. The number of rotatable bonds is 5. The number of esters is 1.